The van der Waals surface area contributed by atoms with Gasteiger partial charge in [-0.3, -0.25) is 10.1 Å². The summed E-state index contributed by atoms with van der Waals surface area (Å²) in [5.74, 6) is 3.03. The highest BCUT2D eigenvalue weighted by molar-refractivity contribution is 5.77. The molecule has 1 rings (SSSR count). The van der Waals surface area contributed by atoms with Crippen LogP contribution >= 0.6 is 0 Å². The molecule has 0 aromatic carbocycles. The van der Waals surface area contributed by atoms with Crippen LogP contribution in [0.2, 0.25) is 0 Å². The van der Waals surface area contributed by atoms with Gasteiger partial charge in [-0.1, -0.05) is 5.92 Å². The molecule has 1 fully saturated rings. The molecule has 0 aliphatic carbocycles. The number of rotatable bonds is 6. The highest BCUT2D eigenvalue weighted by atomic mass is 16.5. The van der Waals surface area contributed by atoms with Gasteiger partial charge in [0.1, 0.15) is 0 Å². The summed E-state index contributed by atoms with van der Waals surface area (Å²) in [5, 5.41) is 5.68. The topological polar surface area (TPSA) is 50.4 Å². The van der Waals surface area contributed by atoms with Gasteiger partial charge in [0.15, 0.2) is 0 Å². The van der Waals surface area contributed by atoms with Crippen LogP contribution in [0.4, 0.5) is 0 Å². The molecule has 1 saturated heterocycles. The SMILES string of the molecule is C#CCNCC(=O)NCCC1CCOC1. The molecular weight excluding hydrogens is 192 g/mol. The number of nitrogens with one attached hydrogen (secondary N) is 2. The van der Waals surface area contributed by atoms with Gasteiger partial charge < -0.3 is 10.1 Å². The van der Waals surface area contributed by atoms with Crippen LogP contribution in [0.15, 0.2) is 0 Å². The quantitative estimate of drug-likeness (QED) is 0.469. The number of carbonyl (C=O) groups excluding carboxylic acids is 1. The summed E-state index contributed by atoms with van der Waals surface area (Å²) in [7, 11) is 0. The van der Waals surface area contributed by atoms with Gasteiger partial charge >= 0.3 is 0 Å². The Labute approximate surface area is 90.8 Å². The normalized spacial score (nSPS) is 19.8. The van der Waals surface area contributed by atoms with Gasteiger partial charge in [0.2, 0.25) is 5.91 Å². The van der Waals surface area contributed by atoms with Crippen LogP contribution in [0.5, 0.6) is 0 Å². The molecule has 1 aliphatic heterocycles. The Bertz CT molecular complexity index is 229. The van der Waals surface area contributed by atoms with E-state index >= 15 is 0 Å². The molecule has 1 atom stereocenters. The molecule has 84 valence electrons. The number of hydrogen-bond acceptors (Lipinski definition) is 3. The van der Waals surface area contributed by atoms with Crippen LogP contribution in [-0.2, 0) is 9.53 Å². The average Bonchev–Trinajstić information content (AvgIpc) is 2.71. The van der Waals surface area contributed by atoms with Crippen LogP contribution in [0.3, 0.4) is 0 Å². The summed E-state index contributed by atoms with van der Waals surface area (Å²) in [6.45, 7) is 3.16. The lowest BCUT2D eigenvalue weighted by Gasteiger charge is -2.08. The lowest BCUT2D eigenvalue weighted by molar-refractivity contribution is -0.120. The van der Waals surface area contributed by atoms with Crippen molar-refractivity contribution < 1.29 is 9.53 Å². The van der Waals surface area contributed by atoms with Gasteiger partial charge in [0, 0.05) is 19.8 Å². The van der Waals surface area contributed by atoms with Crippen molar-refractivity contribution in [2.45, 2.75) is 12.8 Å². The molecule has 1 unspecified atom stereocenters. The predicted molar refractivity (Wildman–Crippen MR) is 58.3 cm³/mol. The molecule has 1 heterocycles. The Balaban J connectivity index is 1.94. The van der Waals surface area contributed by atoms with E-state index in [-0.39, 0.29) is 5.91 Å². The molecule has 0 radical (unpaired) electrons. The Morgan fingerprint density at radius 3 is 3.13 bits per heavy atom. The van der Waals surface area contributed by atoms with Crippen molar-refractivity contribution in [3.05, 3.63) is 0 Å². The first-order valence-electron chi connectivity index (χ1n) is 5.31. The minimum atomic E-state index is 0.00386. The summed E-state index contributed by atoms with van der Waals surface area (Å²) >= 11 is 0. The molecule has 0 spiro atoms. The van der Waals surface area contributed by atoms with E-state index in [9.17, 15) is 4.79 Å². The molecule has 0 aromatic heterocycles. The third-order valence-corrected chi connectivity index (χ3v) is 2.41. The number of carbonyl (C=O) groups is 1. The minimum absolute atomic E-state index is 0.00386. The minimum Gasteiger partial charge on any atom is -0.381 e. The zero-order valence-electron chi connectivity index (χ0n) is 8.92. The van der Waals surface area contributed by atoms with Gasteiger partial charge in [-0.15, -0.1) is 6.42 Å². The van der Waals surface area contributed by atoms with Gasteiger partial charge in [0.25, 0.3) is 0 Å². The fraction of sp³-hybridized carbons (Fsp3) is 0.727. The van der Waals surface area contributed by atoms with Crippen LogP contribution in [-0.4, -0.2) is 38.8 Å². The van der Waals surface area contributed by atoms with E-state index in [0.29, 0.717) is 19.0 Å². The summed E-state index contributed by atoms with van der Waals surface area (Å²) in [4.78, 5) is 11.2. The maximum Gasteiger partial charge on any atom is 0.233 e. The molecule has 0 aromatic rings. The van der Waals surface area contributed by atoms with Gasteiger partial charge in [-0.05, 0) is 18.8 Å². The van der Waals surface area contributed by atoms with E-state index in [4.69, 9.17) is 11.2 Å². The van der Waals surface area contributed by atoms with Crippen LogP contribution < -0.4 is 10.6 Å². The Hall–Kier alpha value is -1.05. The van der Waals surface area contributed by atoms with E-state index in [1.54, 1.807) is 0 Å². The maximum atomic E-state index is 11.2. The van der Waals surface area contributed by atoms with Gasteiger partial charge in [0.05, 0.1) is 13.1 Å². The second kappa shape index (κ2) is 7.27. The van der Waals surface area contributed by atoms with Crippen molar-refractivity contribution in [3.63, 3.8) is 0 Å². The lowest BCUT2D eigenvalue weighted by Crippen LogP contribution is -2.35. The van der Waals surface area contributed by atoms with Crippen LogP contribution in [0, 0.1) is 18.3 Å². The summed E-state index contributed by atoms with van der Waals surface area (Å²) < 4.78 is 5.25. The highest BCUT2D eigenvalue weighted by Gasteiger charge is 2.14. The van der Waals surface area contributed by atoms with Crippen molar-refractivity contribution in [1.29, 1.82) is 0 Å². The van der Waals surface area contributed by atoms with Crippen molar-refractivity contribution in [2.75, 3.05) is 32.8 Å². The van der Waals surface area contributed by atoms with E-state index in [1.807, 2.05) is 0 Å². The molecule has 0 bridgehead atoms. The van der Waals surface area contributed by atoms with Gasteiger partial charge in [-0.2, -0.15) is 0 Å². The summed E-state index contributed by atoms with van der Waals surface area (Å²) in [6, 6.07) is 0. The summed E-state index contributed by atoms with van der Waals surface area (Å²) in [5.41, 5.74) is 0. The van der Waals surface area contributed by atoms with E-state index in [1.165, 1.54) is 0 Å². The number of amides is 1. The standard InChI is InChI=1S/C11H18N2O2/c1-2-5-12-8-11(14)13-6-3-10-4-7-15-9-10/h1,10,12H,3-9H2,(H,13,14). The summed E-state index contributed by atoms with van der Waals surface area (Å²) in [6.07, 6.45) is 7.16. The average molecular weight is 210 g/mol. The second-order valence-electron chi connectivity index (χ2n) is 3.68. The zero-order valence-corrected chi connectivity index (χ0v) is 8.92. The molecule has 2 N–H and O–H groups in total. The Morgan fingerprint density at radius 1 is 1.60 bits per heavy atom. The fourth-order valence-corrected chi connectivity index (χ4v) is 1.54. The van der Waals surface area contributed by atoms with Crippen molar-refractivity contribution in [3.8, 4) is 12.3 Å². The highest BCUT2D eigenvalue weighted by Crippen LogP contribution is 2.14. The Kier molecular flexibility index (Phi) is 5.83. The lowest BCUT2D eigenvalue weighted by atomic mass is 10.1. The van der Waals surface area contributed by atoms with Gasteiger partial charge in [-0.25, -0.2) is 0 Å². The molecule has 4 nitrogen and oxygen atoms in total. The van der Waals surface area contributed by atoms with Crippen LogP contribution in [0.1, 0.15) is 12.8 Å². The third-order valence-electron chi connectivity index (χ3n) is 2.41. The smallest absolute Gasteiger partial charge is 0.233 e. The van der Waals surface area contributed by atoms with Crippen molar-refractivity contribution in [2.24, 2.45) is 5.92 Å². The van der Waals surface area contributed by atoms with Crippen LogP contribution in [0.25, 0.3) is 0 Å². The number of terminal acetylenes is 1. The molecule has 1 aliphatic rings. The Morgan fingerprint density at radius 2 is 2.47 bits per heavy atom. The third kappa shape index (κ3) is 5.40. The maximum absolute atomic E-state index is 11.2. The van der Waals surface area contributed by atoms with Crippen molar-refractivity contribution >= 4 is 5.91 Å². The largest absolute Gasteiger partial charge is 0.381 e. The fourth-order valence-electron chi connectivity index (χ4n) is 1.54. The first-order chi connectivity index (χ1) is 7.33. The van der Waals surface area contributed by atoms with E-state index in [0.717, 1.165) is 32.6 Å². The van der Waals surface area contributed by atoms with E-state index < -0.39 is 0 Å². The zero-order chi connectivity index (χ0) is 10.9. The molecule has 0 saturated carbocycles. The molecular formula is C11H18N2O2. The number of hydrogen-bond donors (Lipinski definition) is 2. The molecule has 15 heavy (non-hydrogen) atoms. The first-order valence-corrected chi connectivity index (χ1v) is 5.31. The molecule has 4 heteroatoms. The van der Waals surface area contributed by atoms with Crippen molar-refractivity contribution in [1.82, 2.24) is 10.6 Å². The first kappa shape index (κ1) is 12.0. The number of ether oxygens (including phenoxy) is 1. The van der Waals surface area contributed by atoms with E-state index in [2.05, 4.69) is 16.6 Å². The predicted octanol–water partition coefficient (Wildman–Crippen LogP) is -0.248. The monoisotopic (exact) mass is 210 g/mol. The second-order valence-corrected chi connectivity index (χ2v) is 3.68. The molecule has 1 amide bonds.